The number of hydrogen-bond donors (Lipinski definition) is 3. The lowest BCUT2D eigenvalue weighted by atomic mass is 10.1. The Bertz CT molecular complexity index is 425. The van der Waals surface area contributed by atoms with E-state index in [9.17, 15) is 4.79 Å². The summed E-state index contributed by atoms with van der Waals surface area (Å²) in [5.41, 5.74) is 4.97. The molecule has 0 saturated carbocycles. The average Bonchev–Trinajstić information content (AvgIpc) is 2.58. The van der Waals surface area contributed by atoms with Gasteiger partial charge in [0.25, 0.3) is 5.91 Å². The summed E-state index contributed by atoms with van der Waals surface area (Å²) in [6.07, 6.45) is 0. The number of carbonyl (C=O) groups excluding carboxylic acids is 1. The molecule has 0 radical (unpaired) electrons. The number of halogens is 1. The molecule has 0 aliphatic heterocycles. The first-order valence-electron chi connectivity index (χ1n) is 4.92. The first kappa shape index (κ1) is 14.2. The van der Waals surface area contributed by atoms with Crippen LogP contribution in [-0.2, 0) is 0 Å². The Labute approximate surface area is 115 Å². The topological polar surface area (TPSA) is 53.2 Å². The van der Waals surface area contributed by atoms with Crippen molar-refractivity contribution in [2.24, 2.45) is 0 Å². The summed E-state index contributed by atoms with van der Waals surface area (Å²) in [7, 11) is 0. The number of thiocarbonyl (C=S) groups is 1. The van der Waals surface area contributed by atoms with E-state index in [1.807, 2.05) is 20.8 Å². The molecule has 7 heteroatoms. The normalized spacial score (nSPS) is 10.8. The van der Waals surface area contributed by atoms with E-state index in [-0.39, 0.29) is 11.4 Å². The third kappa shape index (κ3) is 5.34. The lowest BCUT2D eigenvalue weighted by Crippen LogP contribution is -2.52. The summed E-state index contributed by atoms with van der Waals surface area (Å²) in [5.74, 6) is -0.264. The third-order valence-corrected chi connectivity index (χ3v) is 3.01. The summed E-state index contributed by atoms with van der Waals surface area (Å²) in [5, 5.41) is 3.38. The molecule has 0 spiro atoms. The molecule has 1 rings (SSSR count). The van der Waals surface area contributed by atoms with Crippen LogP contribution in [0.5, 0.6) is 0 Å². The van der Waals surface area contributed by atoms with Crippen LogP contribution in [0.15, 0.2) is 12.1 Å². The molecule has 1 heterocycles. The number of carbonyl (C=O) groups is 1. The van der Waals surface area contributed by atoms with Gasteiger partial charge in [0, 0.05) is 5.54 Å². The van der Waals surface area contributed by atoms with Gasteiger partial charge in [0.05, 0.1) is 9.21 Å². The molecule has 3 N–H and O–H groups in total. The van der Waals surface area contributed by atoms with Crippen LogP contribution in [0.2, 0.25) is 4.34 Å². The zero-order chi connectivity index (χ0) is 13.1. The minimum absolute atomic E-state index is 0.152. The number of hydrogen-bond acceptors (Lipinski definition) is 3. The maximum Gasteiger partial charge on any atom is 0.279 e. The first-order valence-corrected chi connectivity index (χ1v) is 6.52. The molecule has 0 aliphatic rings. The van der Waals surface area contributed by atoms with Gasteiger partial charge in [-0.15, -0.1) is 11.3 Å². The largest absolute Gasteiger partial charge is 0.357 e. The van der Waals surface area contributed by atoms with Crippen molar-refractivity contribution >= 4 is 46.2 Å². The molecule has 0 atom stereocenters. The Morgan fingerprint density at radius 2 is 2.00 bits per heavy atom. The Kier molecular flexibility index (Phi) is 4.73. The van der Waals surface area contributed by atoms with Gasteiger partial charge in [-0.05, 0) is 45.1 Å². The van der Waals surface area contributed by atoms with Crippen LogP contribution in [0.1, 0.15) is 30.4 Å². The SMILES string of the molecule is CC(C)(C)NC(=S)NNC(=O)c1ccc(Cl)s1. The molecule has 0 aliphatic carbocycles. The van der Waals surface area contributed by atoms with E-state index in [2.05, 4.69) is 16.2 Å². The molecule has 4 nitrogen and oxygen atoms in total. The van der Waals surface area contributed by atoms with Crippen molar-refractivity contribution in [1.29, 1.82) is 0 Å². The minimum Gasteiger partial charge on any atom is -0.357 e. The molecule has 0 fully saturated rings. The second-order valence-electron chi connectivity index (χ2n) is 4.39. The van der Waals surface area contributed by atoms with E-state index in [1.165, 1.54) is 11.3 Å². The number of hydrazine groups is 1. The van der Waals surface area contributed by atoms with Crippen LogP contribution in [0, 0.1) is 0 Å². The quantitative estimate of drug-likeness (QED) is 0.549. The minimum atomic E-state index is -0.264. The molecule has 94 valence electrons. The zero-order valence-corrected chi connectivity index (χ0v) is 12.1. The number of amides is 1. The van der Waals surface area contributed by atoms with Gasteiger partial charge in [-0.1, -0.05) is 11.6 Å². The Morgan fingerprint density at radius 1 is 1.35 bits per heavy atom. The summed E-state index contributed by atoms with van der Waals surface area (Å²) in [6, 6.07) is 3.33. The molecule has 1 amide bonds. The Hall–Kier alpha value is -0.850. The van der Waals surface area contributed by atoms with E-state index >= 15 is 0 Å². The van der Waals surface area contributed by atoms with Crippen molar-refractivity contribution in [3.63, 3.8) is 0 Å². The third-order valence-electron chi connectivity index (χ3n) is 1.58. The van der Waals surface area contributed by atoms with E-state index in [0.29, 0.717) is 14.3 Å². The monoisotopic (exact) mass is 291 g/mol. The highest BCUT2D eigenvalue weighted by molar-refractivity contribution is 7.80. The maximum absolute atomic E-state index is 11.6. The van der Waals surface area contributed by atoms with Crippen molar-refractivity contribution < 1.29 is 4.79 Å². The number of rotatable bonds is 1. The molecule has 1 aromatic rings. The lowest BCUT2D eigenvalue weighted by molar-refractivity contribution is 0.0947. The van der Waals surface area contributed by atoms with E-state index in [0.717, 1.165) is 0 Å². The first-order chi connectivity index (χ1) is 7.78. The van der Waals surface area contributed by atoms with Crippen molar-refractivity contribution in [2.75, 3.05) is 0 Å². The predicted molar refractivity (Wildman–Crippen MR) is 75.4 cm³/mol. The fourth-order valence-corrected chi connectivity index (χ4v) is 2.28. The molecular formula is C10H14ClN3OS2. The fourth-order valence-electron chi connectivity index (χ4n) is 0.983. The molecule has 0 bridgehead atoms. The van der Waals surface area contributed by atoms with E-state index in [4.69, 9.17) is 23.8 Å². The van der Waals surface area contributed by atoms with Crippen LogP contribution >= 0.6 is 35.2 Å². The second kappa shape index (κ2) is 5.66. The zero-order valence-electron chi connectivity index (χ0n) is 9.76. The van der Waals surface area contributed by atoms with Gasteiger partial charge in [-0.25, -0.2) is 0 Å². The highest BCUT2D eigenvalue weighted by Gasteiger charge is 2.12. The van der Waals surface area contributed by atoms with Gasteiger partial charge in [-0.2, -0.15) is 0 Å². The van der Waals surface area contributed by atoms with Crippen LogP contribution in [0.3, 0.4) is 0 Å². The summed E-state index contributed by atoms with van der Waals surface area (Å²) < 4.78 is 0.575. The Balaban J connectivity index is 2.41. The highest BCUT2D eigenvalue weighted by atomic mass is 35.5. The molecule has 1 aromatic heterocycles. The molecule has 0 unspecified atom stereocenters. The fraction of sp³-hybridized carbons (Fsp3) is 0.400. The van der Waals surface area contributed by atoms with Gasteiger partial charge >= 0.3 is 0 Å². The highest BCUT2D eigenvalue weighted by Crippen LogP contribution is 2.20. The predicted octanol–water partition coefficient (Wildman–Crippen LogP) is 2.31. The average molecular weight is 292 g/mol. The van der Waals surface area contributed by atoms with Crippen LogP contribution in [0.25, 0.3) is 0 Å². The van der Waals surface area contributed by atoms with Crippen LogP contribution in [-0.4, -0.2) is 16.6 Å². The van der Waals surface area contributed by atoms with Gasteiger partial charge in [0.15, 0.2) is 5.11 Å². The molecular weight excluding hydrogens is 278 g/mol. The summed E-state index contributed by atoms with van der Waals surface area (Å²) in [4.78, 5) is 12.1. The Morgan fingerprint density at radius 3 is 2.47 bits per heavy atom. The second-order valence-corrected chi connectivity index (χ2v) is 6.51. The summed E-state index contributed by atoms with van der Waals surface area (Å²) in [6.45, 7) is 5.92. The molecule has 17 heavy (non-hydrogen) atoms. The van der Waals surface area contributed by atoms with Crippen molar-refractivity contribution in [3.8, 4) is 0 Å². The van der Waals surface area contributed by atoms with Gasteiger partial charge in [0.1, 0.15) is 0 Å². The lowest BCUT2D eigenvalue weighted by Gasteiger charge is -2.22. The van der Waals surface area contributed by atoms with Gasteiger partial charge in [-0.3, -0.25) is 15.6 Å². The van der Waals surface area contributed by atoms with Crippen LogP contribution < -0.4 is 16.2 Å². The van der Waals surface area contributed by atoms with E-state index < -0.39 is 0 Å². The summed E-state index contributed by atoms with van der Waals surface area (Å²) >= 11 is 12.0. The van der Waals surface area contributed by atoms with Crippen molar-refractivity contribution in [3.05, 3.63) is 21.3 Å². The van der Waals surface area contributed by atoms with Gasteiger partial charge < -0.3 is 5.32 Å². The van der Waals surface area contributed by atoms with Crippen LogP contribution in [0.4, 0.5) is 0 Å². The standard InChI is InChI=1S/C10H14ClN3OS2/c1-10(2,3)12-9(16)14-13-8(15)6-4-5-7(11)17-6/h4-5H,1-3H3,(H,13,15)(H2,12,14,16). The van der Waals surface area contributed by atoms with Crippen molar-refractivity contribution in [1.82, 2.24) is 16.2 Å². The maximum atomic E-state index is 11.6. The van der Waals surface area contributed by atoms with Gasteiger partial charge in [0.2, 0.25) is 0 Å². The molecule has 0 saturated heterocycles. The van der Waals surface area contributed by atoms with Crippen molar-refractivity contribution in [2.45, 2.75) is 26.3 Å². The number of thiophene rings is 1. The van der Waals surface area contributed by atoms with E-state index in [1.54, 1.807) is 12.1 Å². The number of nitrogens with one attached hydrogen (secondary N) is 3. The molecule has 0 aromatic carbocycles. The smallest absolute Gasteiger partial charge is 0.279 e.